The number of unbranched alkanes of at least 4 members (excludes halogenated alkanes) is 1. The van der Waals surface area contributed by atoms with E-state index >= 15 is 0 Å². The van der Waals surface area contributed by atoms with Crippen LogP contribution < -0.4 is 9.47 Å². The molecule has 1 aliphatic rings. The zero-order valence-electron chi connectivity index (χ0n) is 21.8. The summed E-state index contributed by atoms with van der Waals surface area (Å²) < 4.78 is 15.7. The lowest BCUT2D eigenvalue weighted by molar-refractivity contribution is 0.170. The van der Waals surface area contributed by atoms with Gasteiger partial charge in [-0.1, -0.05) is 61.3 Å². The van der Waals surface area contributed by atoms with E-state index in [1.807, 2.05) is 36.0 Å². The van der Waals surface area contributed by atoms with Crippen molar-refractivity contribution in [1.29, 1.82) is 0 Å². The van der Waals surface area contributed by atoms with Crippen molar-refractivity contribution in [1.82, 2.24) is 24.2 Å². The number of hydrogen-bond donors (Lipinski definition) is 0. The molecular weight excluding hydrogens is 486 g/mol. The molecule has 2 aromatic carbocycles. The maximum atomic E-state index is 6.84. The highest BCUT2D eigenvalue weighted by Crippen LogP contribution is 2.32. The summed E-state index contributed by atoms with van der Waals surface area (Å²) in [7, 11) is 1.96. The van der Waals surface area contributed by atoms with E-state index in [1.54, 1.807) is 0 Å². The van der Waals surface area contributed by atoms with Crippen LogP contribution in [0, 0.1) is 6.92 Å². The Hall–Kier alpha value is -3.29. The average Bonchev–Trinajstić information content (AvgIpc) is 3.39. The minimum absolute atomic E-state index is 0.555. The van der Waals surface area contributed by atoms with Crippen LogP contribution in [0.15, 0.2) is 54.7 Å². The maximum Gasteiger partial charge on any atom is 0.161 e. The number of rotatable bonds is 10. The number of benzene rings is 2. The Morgan fingerprint density at radius 3 is 2.51 bits per heavy atom. The first-order chi connectivity index (χ1) is 18.0. The SMILES string of the molecule is CCCCn1c(-c2ccccc2)nc(Cl)c1CN(Cc1ccc2c(c1)OCCO2)Cc1nn(C)cc1C. The van der Waals surface area contributed by atoms with Gasteiger partial charge in [0.1, 0.15) is 19.0 Å². The first-order valence-electron chi connectivity index (χ1n) is 12.9. The number of aromatic nitrogens is 4. The number of halogens is 1. The molecule has 0 bridgehead atoms. The summed E-state index contributed by atoms with van der Waals surface area (Å²) in [4.78, 5) is 7.20. The van der Waals surface area contributed by atoms with E-state index in [-0.39, 0.29) is 0 Å². The van der Waals surface area contributed by atoms with E-state index in [2.05, 4.69) is 53.8 Å². The van der Waals surface area contributed by atoms with Crippen LogP contribution in [-0.2, 0) is 33.2 Å². The molecule has 0 N–H and O–H groups in total. The Bertz CT molecular complexity index is 1350. The van der Waals surface area contributed by atoms with Gasteiger partial charge < -0.3 is 14.0 Å². The van der Waals surface area contributed by atoms with E-state index in [0.717, 1.165) is 59.2 Å². The second-order valence-electron chi connectivity index (χ2n) is 9.60. The van der Waals surface area contributed by atoms with Gasteiger partial charge in [0.05, 0.1) is 11.4 Å². The minimum Gasteiger partial charge on any atom is -0.486 e. The lowest BCUT2D eigenvalue weighted by Gasteiger charge is -2.25. The van der Waals surface area contributed by atoms with Gasteiger partial charge in [0.15, 0.2) is 16.7 Å². The third-order valence-electron chi connectivity index (χ3n) is 6.66. The van der Waals surface area contributed by atoms with Gasteiger partial charge in [-0.25, -0.2) is 4.98 Å². The molecule has 0 spiro atoms. The fraction of sp³-hybridized carbons (Fsp3) is 0.379. The summed E-state index contributed by atoms with van der Waals surface area (Å²) in [5.41, 5.74) is 5.48. The van der Waals surface area contributed by atoms with Crippen molar-refractivity contribution in [2.45, 2.75) is 52.9 Å². The highest BCUT2D eigenvalue weighted by molar-refractivity contribution is 6.30. The van der Waals surface area contributed by atoms with Crippen LogP contribution in [0.25, 0.3) is 11.4 Å². The summed E-state index contributed by atoms with van der Waals surface area (Å²) >= 11 is 6.84. The fourth-order valence-corrected chi connectivity index (χ4v) is 5.06. The quantitative estimate of drug-likeness (QED) is 0.256. The van der Waals surface area contributed by atoms with E-state index in [9.17, 15) is 0 Å². The molecule has 3 heterocycles. The molecule has 5 rings (SSSR count). The third kappa shape index (κ3) is 5.84. The second-order valence-corrected chi connectivity index (χ2v) is 9.96. The summed E-state index contributed by atoms with van der Waals surface area (Å²) in [6, 6.07) is 16.5. The maximum absolute atomic E-state index is 6.84. The summed E-state index contributed by atoms with van der Waals surface area (Å²) in [6.07, 6.45) is 4.21. The molecular formula is C29H34ClN5O2. The number of aryl methyl sites for hydroxylation is 2. The molecule has 0 unspecified atom stereocenters. The molecule has 4 aromatic rings. The van der Waals surface area contributed by atoms with Gasteiger partial charge in [0, 0.05) is 45.0 Å². The highest BCUT2D eigenvalue weighted by Gasteiger charge is 2.22. The van der Waals surface area contributed by atoms with Crippen LogP contribution >= 0.6 is 11.6 Å². The van der Waals surface area contributed by atoms with Crippen molar-refractivity contribution < 1.29 is 9.47 Å². The molecule has 0 amide bonds. The monoisotopic (exact) mass is 519 g/mol. The lowest BCUT2D eigenvalue weighted by atomic mass is 10.1. The van der Waals surface area contributed by atoms with Crippen LogP contribution in [0.5, 0.6) is 11.5 Å². The van der Waals surface area contributed by atoms with Crippen LogP contribution in [-0.4, -0.2) is 37.4 Å². The molecule has 0 aliphatic carbocycles. The normalized spacial score (nSPS) is 12.9. The Morgan fingerprint density at radius 1 is 1.00 bits per heavy atom. The first kappa shape index (κ1) is 25.4. The zero-order valence-corrected chi connectivity index (χ0v) is 22.5. The summed E-state index contributed by atoms with van der Waals surface area (Å²) in [5, 5.41) is 5.28. The molecule has 2 aromatic heterocycles. The molecule has 7 nitrogen and oxygen atoms in total. The zero-order chi connectivity index (χ0) is 25.8. The number of ether oxygens (including phenoxy) is 2. The number of fused-ring (bicyclic) bond motifs is 1. The summed E-state index contributed by atoms with van der Waals surface area (Å²) in [6.45, 7) is 8.39. The molecule has 1 aliphatic heterocycles. The summed E-state index contributed by atoms with van der Waals surface area (Å²) in [5.74, 6) is 2.52. The van der Waals surface area contributed by atoms with Gasteiger partial charge in [-0.15, -0.1) is 0 Å². The number of imidazole rings is 1. The predicted octanol–water partition coefficient (Wildman–Crippen LogP) is 6.02. The molecule has 0 saturated heterocycles. The van der Waals surface area contributed by atoms with Gasteiger partial charge >= 0.3 is 0 Å². The third-order valence-corrected chi connectivity index (χ3v) is 6.97. The van der Waals surface area contributed by atoms with Crippen molar-refractivity contribution in [2.24, 2.45) is 7.05 Å². The number of hydrogen-bond acceptors (Lipinski definition) is 5. The molecule has 0 fully saturated rings. The molecule has 0 saturated carbocycles. The van der Waals surface area contributed by atoms with Crippen LogP contribution in [0.1, 0.15) is 42.3 Å². The predicted molar refractivity (Wildman–Crippen MR) is 146 cm³/mol. The van der Waals surface area contributed by atoms with Gasteiger partial charge in [0.25, 0.3) is 0 Å². The topological polar surface area (TPSA) is 57.3 Å². The second kappa shape index (κ2) is 11.4. The van der Waals surface area contributed by atoms with Gasteiger partial charge in [-0.05, 0) is 36.6 Å². The van der Waals surface area contributed by atoms with Crippen molar-refractivity contribution in [3.8, 4) is 22.9 Å². The lowest BCUT2D eigenvalue weighted by Crippen LogP contribution is -2.25. The smallest absolute Gasteiger partial charge is 0.161 e. The molecule has 0 radical (unpaired) electrons. The highest BCUT2D eigenvalue weighted by atomic mass is 35.5. The largest absolute Gasteiger partial charge is 0.486 e. The van der Waals surface area contributed by atoms with Gasteiger partial charge in [-0.2, -0.15) is 5.10 Å². The molecule has 0 atom stereocenters. The van der Waals surface area contributed by atoms with Gasteiger partial charge in [0.2, 0.25) is 0 Å². The van der Waals surface area contributed by atoms with Crippen LogP contribution in [0.4, 0.5) is 0 Å². The van der Waals surface area contributed by atoms with Crippen molar-refractivity contribution in [3.63, 3.8) is 0 Å². The van der Waals surface area contributed by atoms with Crippen molar-refractivity contribution in [3.05, 3.63) is 82.4 Å². The molecule has 8 heteroatoms. The Morgan fingerprint density at radius 2 is 1.78 bits per heavy atom. The van der Waals surface area contributed by atoms with E-state index in [4.69, 9.17) is 31.2 Å². The van der Waals surface area contributed by atoms with Crippen LogP contribution in [0.2, 0.25) is 5.15 Å². The van der Waals surface area contributed by atoms with E-state index in [1.165, 1.54) is 5.56 Å². The molecule has 37 heavy (non-hydrogen) atoms. The van der Waals surface area contributed by atoms with Crippen molar-refractivity contribution in [2.75, 3.05) is 13.2 Å². The van der Waals surface area contributed by atoms with E-state index < -0.39 is 0 Å². The van der Waals surface area contributed by atoms with Gasteiger partial charge in [-0.3, -0.25) is 9.58 Å². The standard InChI is InChI=1S/C29H34ClN5O2/c1-4-5-13-35-25(28(30)31-29(35)23-9-7-6-8-10-23)20-34(19-24-21(2)17-33(3)32-24)18-22-11-12-26-27(16-22)37-15-14-36-26/h6-12,16-17H,4-5,13-15,18-20H2,1-3H3. The Balaban J connectivity index is 1.49. The van der Waals surface area contributed by atoms with E-state index in [0.29, 0.717) is 38.0 Å². The Labute approximate surface area is 223 Å². The minimum atomic E-state index is 0.555. The average molecular weight is 520 g/mol. The Kier molecular flexibility index (Phi) is 7.82. The fourth-order valence-electron chi connectivity index (χ4n) is 4.82. The van der Waals surface area contributed by atoms with Crippen molar-refractivity contribution >= 4 is 11.6 Å². The van der Waals surface area contributed by atoms with Crippen LogP contribution in [0.3, 0.4) is 0 Å². The molecule has 194 valence electrons. The number of nitrogens with zero attached hydrogens (tertiary/aromatic N) is 5. The first-order valence-corrected chi connectivity index (χ1v) is 13.3.